The number of amides is 3. The van der Waals surface area contributed by atoms with Gasteiger partial charge in [-0.05, 0) is 30.5 Å². The second-order valence-corrected chi connectivity index (χ2v) is 6.25. The number of aliphatic hydroxyl groups excluding tert-OH is 1. The van der Waals surface area contributed by atoms with Gasteiger partial charge in [0, 0.05) is 39.6 Å². The number of carbonyl (C=O) groups excluding carboxylic acids is 2. The lowest BCUT2D eigenvalue weighted by molar-refractivity contribution is -0.126. The molecular formula is C17H24FN3O3. The number of halogens is 1. The van der Waals surface area contributed by atoms with Crippen LogP contribution >= 0.6 is 0 Å². The van der Waals surface area contributed by atoms with Crippen molar-refractivity contribution in [3.63, 3.8) is 0 Å². The number of benzene rings is 1. The minimum absolute atomic E-state index is 0.0411. The van der Waals surface area contributed by atoms with Gasteiger partial charge in [-0.15, -0.1) is 0 Å². The highest BCUT2D eigenvalue weighted by Gasteiger charge is 2.28. The average Bonchev–Trinajstić information content (AvgIpc) is 2.59. The fourth-order valence-electron chi connectivity index (χ4n) is 2.76. The number of hydrogen-bond acceptors (Lipinski definition) is 3. The van der Waals surface area contributed by atoms with Gasteiger partial charge in [0.05, 0.1) is 6.10 Å². The monoisotopic (exact) mass is 337 g/mol. The number of rotatable bonds is 4. The molecule has 1 aromatic rings. The Hall–Kier alpha value is -2.15. The molecule has 0 bridgehead atoms. The van der Waals surface area contributed by atoms with Gasteiger partial charge in [-0.2, -0.15) is 0 Å². The van der Waals surface area contributed by atoms with Gasteiger partial charge in [-0.1, -0.05) is 12.1 Å². The van der Waals surface area contributed by atoms with Crippen LogP contribution in [0.25, 0.3) is 0 Å². The van der Waals surface area contributed by atoms with Gasteiger partial charge < -0.3 is 20.2 Å². The van der Waals surface area contributed by atoms with E-state index in [0.29, 0.717) is 31.5 Å². The Morgan fingerprint density at radius 1 is 1.29 bits per heavy atom. The Bertz CT molecular complexity index is 569. The molecule has 2 N–H and O–H groups in total. The van der Waals surface area contributed by atoms with Crippen molar-refractivity contribution in [1.82, 2.24) is 15.1 Å². The SMILES string of the molecule is CN(C)C(=O)N1CCC(C(=O)NCC(O)c2ccc(F)cc2)CC1. The summed E-state index contributed by atoms with van der Waals surface area (Å²) in [6.45, 7) is 1.19. The van der Waals surface area contributed by atoms with Crippen LogP contribution in [-0.2, 0) is 4.79 Å². The summed E-state index contributed by atoms with van der Waals surface area (Å²) >= 11 is 0. The molecular weight excluding hydrogens is 313 g/mol. The van der Waals surface area contributed by atoms with Gasteiger partial charge in [-0.3, -0.25) is 4.79 Å². The molecule has 1 unspecified atom stereocenters. The van der Waals surface area contributed by atoms with Crippen molar-refractivity contribution in [2.75, 3.05) is 33.7 Å². The van der Waals surface area contributed by atoms with Crippen LogP contribution in [0.4, 0.5) is 9.18 Å². The minimum atomic E-state index is -0.870. The van der Waals surface area contributed by atoms with Crippen LogP contribution in [0.15, 0.2) is 24.3 Å². The highest BCUT2D eigenvalue weighted by Crippen LogP contribution is 2.19. The number of nitrogens with one attached hydrogen (secondary N) is 1. The maximum Gasteiger partial charge on any atom is 0.319 e. The summed E-state index contributed by atoms with van der Waals surface area (Å²) in [5, 5.41) is 12.8. The maximum atomic E-state index is 12.9. The molecule has 0 aromatic heterocycles. The zero-order chi connectivity index (χ0) is 17.7. The van der Waals surface area contributed by atoms with Gasteiger partial charge in [0.2, 0.25) is 5.91 Å². The van der Waals surface area contributed by atoms with Crippen molar-refractivity contribution in [3.05, 3.63) is 35.6 Å². The molecule has 0 saturated carbocycles. The summed E-state index contributed by atoms with van der Waals surface area (Å²) in [6, 6.07) is 5.51. The van der Waals surface area contributed by atoms with Crippen LogP contribution in [-0.4, -0.2) is 60.6 Å². The first-order chi connectivity index (χ1) is 11.4. The Labute approximate surface area is 141 Å². The summed E-state index contributed by atoms with van der Waals surface area (Å²) in [5.74, 6) is -0.640. The van der Waals surface area contributed by atoms with E-state index in [0.717, 1.165) is 0 Å². The molecule has 0 spiro atoms. The first kappa shape index (κ1) is 18.2. The van der Waals surface area contributed by atoms with Gasteiger partial charge in [0.15, 0.2) is 0 Å². The third kappa shape index (κ3) is 4.67. The molecule has 1 aliphatic heterocycles. The molecule has 7 heteroatoms. The van der Waals surface area contributed by atoms with Crippen LogP contribution in [0.2, 0.25) is 0 Å². The van der Waals surface area contributed by atoms with Crippen molar-refractivity contribution in [1.29, 1.82) is 0 Å². The Kier molecular flexibility index (Phi) is 6.14. The molecule has 2 rings (SSSR count). The first-order valence-electron chi connectivity index (χ1n) is 8.06. The Balaban J connectivity index is 1.77. The van der Waals surface area contributed by atoms with E-state index in [1.807, 2.05) is 0 Å². The summed E-state index contributed by atoms with van der Waals surface area (Å²) in [7, 11) is 3.41. The fraction of sp³-hybridized carbons (Fsp3) is 0.529. The number of nitrogens with zero attached hydrogens (tertiary/aromatic N) is 2. The standard InChI is InChI=1S/C17H24FN3O3/c1-20(2)17(24)21-9-7-13(8-10-21)16(23)19-11-15(22)12-3-5-14(18)6-4-12/h3-6,13,15,22H,7-11H2,1-2H3,(H,19,23). The fourth-order valence-corrected chi connectivity index (χ4v) is 2.76. The molecule has 1 aliphatic rings. The highest BCUT2D eigenvalue weighted by atomic mass is 19.1. The number of aliphatic hydroxyl groups is 1. The second kappa shape index (κ2) is 8.10. The third-order valence-corrected chi connectivity index (χ3v) is 4.24. The van der Waals surface area contributed by atoms with Crippen LogP contribution < -0.4 is 5.32 Å². The van der Waals surface area contributed by atoms with E-state index < -0.39 is 6.10 Å². The molecule has 0 radical (unpaired) electrons. The molecule has 1 fully saturated rings. The van der Waals surface area contributed by atoms with Crippen molar-refractivity contribution in [2.45, 2.75) is 18.9 Å². The quantitative estimate of drug-likeness (QED) is 0.871. The lowest BCUT2D eigenvalue weighted by Crippen LogP contribution is -2.46. The first-order valence-corrected chi connectivity index (χ1v) is 8.06. The Morgan fingerprint density at radius 2 is 1.88 bits per heavy atom. The summed E-state index contributed by atoms with van der Waals surface area (Å²) in [4.78, 5) is 27.3. The number of urea groups is 1. The molecule has 1 atom stereocenters. The van der Waals surface area contributed by atoms with Crippen LogP contribution in [0.5, 0.6) is 0 Å². The number of carbonyl (C=O) groups is 2. The summed E-state index contributed by atoms with van der Waals surface area (Å²) in [5.41, 5.74) is 0.558. The predicted octanol–water partition coefficient (Wildman–Crippen LogP) is 1.37. The summed E-state index contributed by atoms with van der Waals surface area (Å²) in [6.07, 6.45) is 0.348. The zero-order valence-corrected chi connectivity index (χ0v) is 14.0. The number of piperidine rings is 1. The molecule has 1 saturated heterocycles. The molecule has 0 aliphatic carbocycles. The van der Waals surface area contributed by atoms with E-state index in [4.69, 9.17) is 0 Å². The molecule has 24 heavy (non-hydrogen) atoms. The van der Waals surface area contributed by atoms with E-state index in [-0.39, 0.29) is 30.2 Å². The van der Waals surface area contributed by atoms with E-state index in [9.17, 15) is 19.1 Å². The second-order valence-electron chi connectivity index (χ2n) is 6.25. The van der Waals surface area contributed by atoms with E-state index >= 15 is 0 Å². The van der Waals surface area contributed by atoms with Gasteiger partial charge in [0.1, 0.15) is 5.82 Å². The lowest BCUT2D eigenvalue weighted by atomic mass is 9.96. The average molecular weight is 337 g/mol. The molecule has 1 aromatic carbocycles. The van der Waals surface area contributed by atoms with Crippen molar-refractivity contribution >= 4 is 11.9 Å². The maximum absolute atomic E-state index is 12.9. The highest BCUT2D eigenvalue weighted by molar-refractivity contribution is 5.79. The van der Waals surface area contributed by atoms with Crippen molar-refractivity contribution < 1.29 is 19.1 Å². The molecule has 6 nitrogen and oxygen atoms in total. The topological polar surface area (TPSA) is 72.9 Å². The number of hydrogen-bond donors (Lipinski definition) is 2. The van der Waals surface area contributed by atoms with Gasteiger partial charge in [0.25, 0.3) is 0 Å². The normalized spacial score (nSPS) is 16.6. The third-order valence-electron chi connectivity index (χ3n) is 4.24. The van der Waals surface area contributed by atoms with E-state index in [1.165, 1.54) is 29.2 Å². The van der Waals surface area contributed by atoms with E-state index in [1.54, 1.807) is 19.0 Å². The number of likely N-dealkylation sites (tertiary alicyclic amines) is 1. The van der Waals surface area contributed by atoms with Gasteiger partial charge in [-0.25, -0.2) is 9.18 Å². The minimum Gasteiger partial charge on any atom is -0.387 e. The predicted molar refractivity (Wildman–Crippen MR) is 87.7 cm³/mol. The van der Waals surface area contributed by atoms with Crippen LogP contribution in [0.3, 0.4) is 0 Å². The van der Waals surface area contributed by atoms with Crippen molar-refractivity contribution in [3.8, 4) is 0 Å². The molecule has 3 amide bonds. The Morgan fingerprint density at radius 3 is 2.42 bits per heavy atom. The summed E-state index contributed by atoms with van der Waals surface area (Å²) < 4.78 is 12.9. The van der Waals surface area contributed by atoms with Crippen LogP contribution in [0, 0.1) is 11.7 Å². The smallest absolute Gasteiger partial charge is 0.319 e. The zero-order valence-electron chi connectivity index (χ0n) is 14.0. The van der Waals surface area contributed by atoms with Crippen LogP contribution in [0.1, 0.15) is 24.5 Å². The van der Waals surface area contributed by atoms with E-state index in [2.05, 4.69) is 5.32 Å². The largest absolute Gasteiger partial charge is 0.387 e. The lowest BCUT2D eigenvalue weighted by Gasteiger charge is -2.33. The molecule has 1 heterocycles. The van der Waals surface area contributed by atoms with Crippen molar-refractivity contribution in [2.24, 2.45) is 5.92 Å². The van der Waals surface area contributed by atoms with Gasteiger partial charge >= 0.3 is 6.03 Å². The molecule has 132 valence electrons.